The first-order valence-corrected chi connectivity index (χ1v) is 7.49. The Kier molecular flexibility index (Phi) is 7.50. The van der Waals surface area contributed by atoms with Crippen molar-refractivity contribution in [1.29, 1.82) is 0 Å². The molecule has 0 spiro atoms. The molecule has 1 aliphatic heterocycles. The van der Waals surface area contributed by atoms with Gasteiger partial charge in [0, 0.05) is 27.7 Å². The second-order valence-corrected chi connectivity index (χ2v) is 5.28. The Morgan fingerprint density at radius 1 is 0.654 bits per heavy atom. The maximum atomic E-state index is 12.0. The van der Waals surface area contributed by atoms with Crippen molar-refractivity contribution >= 4 is 29.8 Å². The van der Waals surface area contributed by atoms with Crippen molar-refractivity contribution in [2.24, 2.45) is 0 Å². The molecule has 1 fully saturated rings. The molecular weight excluding hydrogens is 356 g/mol. The molecule has 1 heterocycles. The van der Waals surface area contributed by atoms with Gasteiger partial charge in [0.05, 0.1) is 7.11 Å². The molecule has 1 saturated heterocycles. The smallest absolute Gasteiger partial charge is 0.339 e. The Bertz CT molecular complexity index is 584. The highest BCUT2D eigenvalue weighted by atomic mass is 16.7. The molecule has 0 aromatic carbocycles. The fraction of sp³-hybridized carbons (Fsp3) is 0.667. The van der Waals surface area contributed by atoms with Gasteiger partial charge in [-0.3, -0.25) is 19.2 Å². The Morgan fingerprint density at radius 2 is 1.08 bits per heavy atom. The lowest BCUT2D eigenvalue weighted by Gasteiger charge is -2.42. The minimum atomic E-state index is -1.60. The van der Waals surface area contributed by atoms with Crippen LogP contribution in [0.3, 0.4) is 0 Å². The Labute approximate surface area is 148 Å². The number of carbonyl (C=O) groups excluding carboxylic acids is 5. The van der Waals surface area contributed by atoms with Crippen LogP contribution in [0, 0.1) is 0 Å². The molecule has 0 radical (unpaired) electrons. The highest BCUT2D eigenvalue weighted by molar-refractivity contribution is 5.77. The van der Waals surface area contributed by atoms with Gasteiger partial charge in [-0.05, 0) is 0 Å². The molecule has 1 rings (SSSR count). The van der Waals surface area contributed by atoms with Gasteiger partial charge in [-0.1, -0.05) is 0 Å². The summed E-state index contributed by atoms with van der Waals surface area (Å²) in [5, 5.41) is 0. The lowest BCUT2D eigenvalue weighted by Crippen LogP contribution is -2.64. The van der Waals surface area contributed by atoms with E-state index in [4.69, 9.17) is 23.7 Å². The van der Waals surface area contributed by atoms with Gasteiger partial charge in [-0.25, -0.2) is 4.79 Å². The standard InChI is InChI=1S/C15H20O11/c1-6(16)22-10-11(23-7(2)17)13(24-8(3)18)15(25-9(4)19)26-12(10)14(20)21-5/h10-13,15H,1-5H3/t10-,11+,12-,13+,15-/m0/s1. The van der Waals surface area contributed by atoms with Crippen LogP contribution in [0.2, 0.25) is 0 Å². The van der Waals surface area contributed by atoms with Crippen molar-refractivity contribution in [2.45, 2.75) is 58.4 Å². The van der Waals surface area contributed by atoms with Crippen molar-refractivity contribution in [2.75, 3.05) is 7.11 Å². The number of ether oxygens (including phenoxy) is 6. The summed E-state index contributed by atoms with van der Waals surface area (Å²) in [5.41, 5.74) is 0. The average Bonchev–Trinajstić information content (AvgIpc) is 2.50. The third-order valence-electron chi connectivity index (χ3n) is 3.12. The second-order valence-electron chi connectivity index (χ2n) is 5.28. The molecule has 1 aliphatic rings. The topological polar surface area (TPSA) is 141 Å². The molecule has 11 heteroatoms. The highest BCUT2D eigenvalue weighted by Gasteiger charge is 2.56. The van der Waals surface area contributed by atoms with E-state index >= 15 is 0 Å². The highest BCUT2D eigenvalue weighted by Crippen LogP contribution is 2.30. The first kappa shape index (κ1) is 21.4. The number of hydrogen-bond acceptors (Lipinski definition) is 11. The first-order chi connectivity index (χ1) is 12.1. The summed E-state index contributed by atoms with van der Waals surface area (Å²) in [7, 11) is 1.05. The molecule has 0 aromatic heterocycles. The van der Waals surface area contributed by atoms with Crippen LogP contribution in [-0.4, -0.2) is 67.7 Å². The largest absolute Gasteiger partial charge is 0.467 e. The molecule has 0 unspecified atom stereocenters. The van der Waals surface area contributed by atoms with Crippen LogP contribution in [0.15, 0.2) is 0 Å². The van der Waals surface area contributed by atoms with Crippen molar-refractivity contribution in [1.82, 2.24) is 0 Å². The zero-order valence-electron chi connectivity index (χ0n) is 14.9. The maximum absolute atomic E-state index is 12.0. The molecule has 5 atom stereocenters. The Hall–Kier alpha value is -2.69. The SMILES string of the molecule is COC(=O)[C@H]1O[C@H](OC(C)=O)[C@H](OC(C)=O)[C@H](OC(C)=O)[C@@H]1OC(C)=O. The van der Waals surface area contributed by atoms with E-state index in [0.717, 1.165) is 34.8 Å². The molecular formula is C15H20O11. The summed E-state index contributed by atoms with van der Waals surface area (Å²) in [6.07, 6.45) is -7.66. The summed E-state index contributed by atoms with van der Waals surface area (Å²) < 4.78 is 30.0. The molecule has 0 aromatic rings. The third-order valence-corrected chi connectivity index (χ3v) is 3.12. The van der Waals surface area contributed by atoms with E-state index in [1.165, 1.54) is 0 Å². The monoisotopic (exact) mass is 376 g/mol. The summed E-state index contributed by atoms with van der Waals surface area (Å²) in [6.45, 7) is 4.22. The minimum Gasteiger partial charge on any atom is -0.467 e. The van der Waals surface area contributed by atoms with Gasteiger partial charge in [0.25, 0.3) is 0 Å². The number of carbonyl (C=O) groups is 5. The summed E-state index contributed by atoms with van der Waals surface area (Å²) in [5.74, 6) is -4.25. The number of methoxy groups -OCH3 is 1. The van der Waals surface area contributed by atoms with E-state index < -0.39 is 60.6 Å². The molecule has 0 saturated carbocycles. The number of rotatable bonds is 5. The number of esters is 5. The van der Waals surface area contributed by atoms with Gasteiger partial charge in [-0.2, -0.15) is 0 Å². The van der Waals surface area contributed by atoms with Gasteiger partial charge in [-0.15, -0.1) is 0 Å². The predicted molar refractivity (Wildman–Crippen MR) is 79.1 cm³/mol. The van der Waals surface area contributed by atoms with E-state index in [-0.39, 0.29) is 0 Å². The summed E-state index contributed by atoms with van der Waals surface area (Å²) in [6, 6.07) is 0. The molecule has 11 nitrogen and oxygen atoms in total. The zero-order valence-corrected chi connectivity index (χ0v) is 14.9. The normalized spacial score (nSPS) is 27.7. The van der Waals surface area contributed by atoms with E-state index in [1.54, 1.807) is 0 Å². The molecule has 0 aliphatic carbocycles. The van der Waals surface area contributed by atoms with Crippen molar-refractivity contribution in [3.8, 4) is 0 Å². The van der Waals surface area contributed by atoms with Crippen LogP contribution in [0.4, 0.5) is 0 Å². The molecule has 146 valence electrons. The van der Waals surface area contributed by atoms with Crippen LogP contribution in [0.5, 0.6) is 0 Å². The van der Waals surface area contributed by atoms with Gasteiger partial charge < -0.3 is 28.4 Å². The molecule has 0 bridgehead atoms. The fourth-order valence-electron chi connectivity index (χ4n) is 2.34. The van der Waals surface area contributed by atoms with E-state index in [2.05, 4.69) is 4.74 Å². The van der Waals surface area contributed by atoms with Crippen LogP contribution in [0.1, 0.15) is 27.7 Å². The molecule has 0 N–H and O–H groups in total. The zero-order chi connectivity index (χ0) is 20.0. The maximum Gasteiger partial charge on any atom is 0.339 e. The lowest BCUT2D eigenvalue weighted by molar-refractivity contribution is -0.294. The third kappa shape index (κ3) is 5.69. The second kappa shape index (κ2) is 9.13. The van der Waals surface area contributed by atoms with E-state index in [9.17, 15) is 24.0 Å². The predicted octanol–water partition coefficient (Wildman–Crippen LogP) is -0.757. The quantitative estimate of drug-likeness (QED) is 0.441. The van der Waals surface area contributed by atoms with Crippen LogP contribution >= 0.6 is 0 Å². The Balaban J connectivity index is 3.37. The summed E-state index contributed by atoms with van der Waals surface area (Å²) in [4.78, 5) is 57.7. The fourth-order valence-corrected chi connectivity index (χ4v) is 2.34. The van der Waals surface area contributed by atoms with Crippen molar-refractivity contribution in [3.05, 3.63) is 0 Å². The van der Waals surface area contributed by atoms with Crippen molar-refractivity contribution in [3.63, 3.8) is 0 Å². The lowest BCUT2D eigenvalue weighted by atomic mass is 9.97. The first-order valence-electron chi connectivity index (χ1n) is 7.49. The van der Waals surface area contributed by atoms with Gasteiger partial charge in [0.1, 0.15) is 0 Å². The van der Waals surface area contributed by atoms with Crippen molar-refractivity contribution < 1.29 is 52.4 Å². The van der Waals surface area contributed by atoms with E-state index in [0.29, 0.717) is 0 Å². The summed E-state index contributed by atoms with van der Waals surface area (Å²) >= 11 is 0. The van der Waals surface area contributed by atoms with Gasteiger partial charge in [0.2, 0.25) is 12.4 Å². The van der Waals surface area contributed by atoms with Gasteiger partial charge >= 0.3 is 29.8 Å². The van der Waals surface area contributed by atoms with Crippen LogP contribution < -0.4 is 0 Å². The van der Waals surface area contributed by atoms with Gasteiger partial charge in [0.15, 0.2) is 18.3 Å². The minimum absolute atomic E-state index is 0.814. The average molecular weight is 376 g/mol. The van der Waals surface area contributed by atoms with Crippen LogP contribution in [0.25, 0.3) is 0 Å². The van der Waals surface area contributed by atoms with Crippen LogP contribution in [-0.2, 0) is 52.4 Å². The molecule has 0 amide bonds. The van der Waals surface area contributed by atoms with E-state index in [1.807, 2.05) is 0 Å². The number of hydrogen-bond donors (Lipinski definition) is 0. The Morgan fingerprint density at radius 3 is 1.50 bits per heavy atom. The molecule has 26 heavy (non-hydrogen) atoms.